The van der Waals surface area contributed by atoms with Crippen LogP contribution in [-0.4, -0.2) is 77.1 Å². The monoisotopic (exact) mass is 445 g/mol. The van der Waals surface area contributed by atoms with Crippen LogP contribution in [0.25, 0.3) is 5.69 Å². The van der Waals surface area contributed by atoms with Gasteiger partial charge in [0.05, 0.1) is 24.5 Å². The number of para-hydroxylation sites is 1. The molecule has 1 fully saturated rings. The third-order valence-electron chi connectivity index (χ3n) is 6.01. The van der Waals surface area contributed by atoms with Crippen LogP contribution >= 0.6 is 0 Å². The summed E-state index contributed by atoms with van der Waals surface area (Å²) in [6.45, 7) is 2.25. The summed E-state index contributed by atoms with van der Waals surface area (Å²) in [5.41, 5.74) is 1.14. The van der Waals surface area contributed by atoms with Crippen LogP contribution in [0.5, 0.6) is 0 Å². The predicted octanol–water partition coefficient (Wildman–Crippen LogP) is 1.48. The summed E-state index contributed by atoms with van der Waals surface area (Å²) >= 11 is 0. The second-order valence-electron chi connectivity index (χ2n) is 8.28. The summed E-state index contributed by atoms with van der Waals surface area (Å²) in [7, 11) is -0.789. The fourth-order valence-corrected chi connectivity index (χ4v) is 5.68. The Hall–Kier alpha value is -2.72. The molecule has 1 aromatic heterocycles. The van der Waals surface area contributed by atoms with Gasteiger partial charge >= 0.3 is 0 Å². The van der Waals surface area contributed by atoms with E-state index in [9.17, 15) is 18.0 Å². The first-order valence-corrected chi connectivity index (χ1v) is 11.8. The van der Waals surface area contributed by atoms with E-state index in [0.717, 1.165) is 23.6 Å². The molecule has 2 aromatic rings. The molecule has 0 aliphatic carbocycles. The van der Waals surface area contributed by atoms with Gasteiger partial charge in [-0.15, -0.1) is 0 Å². The zero-order valence-corrected chi connectivity index (χ0v) is 18.8. The summed E-state index contributed by atoms with van der Waals surface area (Å²) in [5, 5.41) is 0. The number of carbonyl (C=O) groups excluding carboxylic acids is 2. The number of fused-ring (bicyclic) bond motifs is 3. The minimum Gasteiger partial charge on any atom is -0.348 e. The first-order chi connectivity index (χ1) is 14.7. The molecule has 4 rings (SSSR count). The molecule has 1 saturated heterocycles. The molecule has 0 radical (unpaired) electrons. The minimum atomic E-state index is -3.95. The van der Waals surface area contributed by atoms with Crippen molar-refractivity contribution in [3.05, 3.63) is 42.0 Å². The Kier molecular flexibility index (Phi) is 5.61. The van der Waals surface area contributed by atoms with Crippen molar-refractivity contribution in [2.45, 2.75) is 43.7 Å². The number of carbonyl (C=O) groups is 2. The Balaban J connectivity index is 1.83. The van der Waals surface area contributed by atoms with Gasteiger partial charge in [-0.2, -0.15) is 4.31 Å². The van der Waals surface area contributed by atoms with Crippen molar-refractivity contribution in [3.63, 3.8) is 0 Å². The standard InChI is InChI=1S/C21H27N5O4S/c1-15-8-6-7-11-25(15)21(28)20-17-12-24(13-19(27)23(2)3)31(29,30)18-10-5-4-9-16(18)26(17)14-22-20/h4-5,9-10,14-15H,6-8,11-13H2,1-3H3. The molecule has 0 N–H and O–H groups in total. The summed E-state index contributed by atoms with van der Waals surface area (Å²) in [5.74, 6) is -0.539. The molecular formula is C21H27N5O4S. The minimum absolute atomic E-state index is 0.0862. The van der Waals surface area contributed by atoms with Crippen LogP contribution in [0.3, 0.4) is 0 Å². The third kappa shape index (κ3) is 3.74. The lowest BCUT2D eigenvalue weighted by molar-refractivity contribution is -0.128. The number of imidazole rings is 1. The quantitative estimate of drug-likeness (QED) is 0.713. The fraction of sp³-hybridized carbons (Fsp3) is 0.476. The lowest BCUT2D eigenvalue weighted by Crippen LogP contribution is -2.43. The third-order valence-corrected chi connectivity index (χ3v) is 7.85. The molecule has 2 amide bonds. The topological polar surface area (TPSA) is 95.8 Å². The highest BCUT2D eigenvalue weighted by atomic mass is 32.2. The highest BCUT2D eigenvalue weighted by molar-refractivity contribution is 7.89. The van der Waals surface area contributed by atoms with Crippen molar-refractivity contribution < 1.29 is 18.0 Å². The summed E-state index contributed by atoms with van der Waals surface area (Å²) in [6.07, 6.45) is 4.45. The van der Waals surface area contributed by atoms with Gasteiger partial charge in [-0.05, 0) is 38.3 Å². The van der Waals surface area contributed by atoms with Gasteiger partial charge in [0.1, 0.15) is 11.2 Å². The Morgan fingerprint density at radius 2 is 1.94 bits per heavy atom. The summed E-state index contributed by atoms with van der Waals surface area (Å²) in [4.78, 5) is 33.4. The molecule has 0 spiro atoms. The van der Waals surface area contributed by atoms with Crippen molar-refractivity contribution in [1.82, 2.24) is 23.7 Å². The van der Waals surface area contributed by atoms with Crippen molar-refractivity contribution in [3.8, 4) is 5.69 Å². The maximum Gasteiger partial charge on any atom is 0.274 e. The van der Waals surface area contributed by atoms with Gasteiger partial charge in [-0.1, -0.05) is 12.1 Å². The van der Waals surface area contributed by atoms with Crippen LogP contribution in [-0.2, 0) is 21.4 Å². The molecule has 0 bridgehead atoms. The fourth-order valence-electron chi connectivity index (χ4n) is 4.15. The van der Waals surface area contributed by atoms with Crippen molar-refractivity contribution in [2.24, 2.45) is 0 Å². The predicted molar refractivity (Wildman–Crippen MR) is 114 cm³/mol. The van der Waals surface area contributed by atoms with Crippen LogP contribution in [0.4, 0.5) is 0 Å². The molecular weight excluding hydrogens is 418 g/mol. The number of hydrogen-bond donors (Lipinski definition) is 0. The highest BCUT2D eigenvalue weighted by Crippen LogP contribution is 2.32. The molecule has 1 unspecified atom stereocenters. The first kappa shape index (κ1) is 21.5. The molecule has 166 valence electrons. The van der Waals surface area contributed by atoms with Gasteiger partial charge in [-0.3, -0.25) is 14.2 Å². The maximum absolute atomic E-state index is 13.4. The smallest absolute Gasteiger partial charge is 0.274 e. The number of nitrogens with zero attached hydrogens (tertiary/aromatic N) is 5. The summed E-state index contributed by atoms with van der Waals surface area (Å²) in [6, 6.07) is 6.69. The normalized spacial score (nSPS) is 20.5. The average molecular weight is 446 g/mol. The van der Waals surface area contributed by atoms with E-state index in [1.807, 2.05) is 11.8 Å². The van der Waals surface area contributed by atoms with E-state index in [1.54, 1.807) is 36.9 Å². The number of likely N-dealkylation sites (tertiary alicyclic amines) is 1. The number of aromatic nitrogens is 2. The molecule has 1 atom stereocenters. The average Bonchev–Trinajstić information content (AvgIpc) is 3.13. The van der Waals surface area contributed by atoms with Crippen LogP contribution in [0, 0.1) is 0 Å². The Bertz CT molecular complexity index is 1120. The van der Waals surface area contributed by atoms with Gasteiger partial charge in [0.25, 0.3) is 5.91 Å². The number of benzene rings is 1. The van der Waals surface area contributed by atoms with Crippen molar-refractivity contribution in [2.75, 3.05) is 27.2 Å². The van der Waals surface area contributed by atoms with E-state index in [-0.39, 0.29) is 41.5 Å². The first-order valence-electron chi connectivity index (χ1n) is 10.4. The maximum atomic E-state index is 13.4. The van der Waals surface area contributed by atoms with E-state index >= 15 is 0 Å². The number of likely N-dealkylation sites (N-methyl/N-ethyl adjacent to an activating group) is 1. The highest BCUT2D eigenvalue weighted by Gasteiger charge is 2.37. The largest absolute Gasteiger partial charge is 0.348 e. The van der Waals surface area contributed by atoms with Crippen LogP contribution < -0.4 is 0 Å². The lowest BCUT2D eigenvalue weighted by atomic mass is 10.0. The van der Waals surface area contributed by atoms with Gasteiger partial charge in [0.15, 0.2) is 5.69 Å². The SMILES string of the molecule is CC1CCCCN1C(=O)c1ncn2c1CN(CC(=O)N(C)C)S(=O)(=O)c1ccccc1-2. The van der Waals surface area contributed by atoms with Crippen molar-refractivity contribution >= 4 is 21.8 Å². The Morgan fingerprint density at radius 3 is 2.65 bits per heavy atom. The zero-order valence-electron chi connectivity index (χ0n) is 18.0. The number of sulfonamides is 1. The molecule has 9 nitrogen and oxygen atoms in total. The van der Waals surface area contributed by atoms with E-state index in [2.05, 4.69) is 4.98 Å². The van der Waals surface area contributed by atoms with E-state index in [1.165, 1.54) is 17.3 Å². The molecule has 31 heavy (non-hydrogen) atoms. The molecule has 1 aromatic carbocycles. The second-order valence-corrected chi connectivity index (χ2v) is 10.2. The Labute approximate surface area is 182 Å². The number of rotatable bonds is 3. The van der Waals surface area contributed by atoms with Gasteiger partial charge in [0, 0.05) is 26.7 Å². The van der Waals surface area contributed by atoms with E-state index in [4.69, 9.17) is 0 Å². The molecule has 0 saturated carbocycles. The molecule has 2 aliphatic heterocycles. The van der Waals surface area contributed by atoms with E-state index in [0.29, 0.717) is 17.9 Å². The lowest BCUT2D eigenvalue weighted by Gasteiger charge is -2.33. The number of amides is 2. The molecule has 2 aliphatic rings. The number of piperidine rings is 1. The number of hydrogen-bond acceptors (Lipinski definition) is 5. The van der Waals surface area contributed by atoms with Gasteiger partial charge < -0.3 is 9.80 Å². The van der Waals surface area contributed by atoms with E-state index < -0.39 is 10.0 Å². The van der Waals surface area contributed by atoms with Crippen LogP contribution in [0.1, 0.15) is 42.4 Å². The van der Waals surface area contributed by atoms with Crippen LogP contribution in [0.2, 0.25) is 0 Å². The summed E-state index contributed by atoms with van der Waals surface area (Å²) < 4.78 is 29.6. The zero-order chi connectivity index (χ0) is 22.3. The second kappa shape index (κ2) is 8.08. The Morgan fingerprint density at radius 1 is 1.19 bits per heavy atom. The van der Waals surface area contributed by atoms with Gasteiger partial charge in [0.2, 0.25) is 15.9 Å². The van der Waals surface area contributed by atoms with Crippen molar-refractivity contribution in [1.29, 1.82) is 0 Å². The van der Waals surface area contributed by atoms with Crippen LogP contribution in [0.15, 0.2) is 35.5 Å². The molecule has 3 heterocycles. The van der Waals surface area contributed by atoms with Gasteiger partial charge in [-0.25, -0.2) is 13.4 Å². The molecule has 10 heteroatoms.